The van der Waals surface area contributed by atoms with Crippen LogP contribution in [0.3, 0.4) is 0 Å². The van der Waals surface area contributed by atoms with Crippen molar-refractivity contribution in [3.63, 3.8) is 0 Å². The van der Waals surface area contributed by atoms with E-state index in [2.05, 4.69) is 0 Å². The van der Waals surface area contributed by atoms with E-state index in [1.54, 1.807) is 24.3 Å². The van der Waals surface area contributed by atoms with Crippen molar-refractivity contribution in [1.29, 1.82) is 0 Å². The van der Waals surface area contributed by atoms with Crippen LogP contribution in [0.25, 0.3) is 6.08 Å². The zero-order valence-corrected chi connectivity index (χ0v) is 30.8. The molecule has 0 N–H and O–H groups in total. The highest BCUT2D eigenvalue weighted by molar-refractivity contribution is 7.54. The van der Waals surface area contributed by atoms with Gasteiger partial charge in [0, 0.05) is 11.1 Å². The lowest BCUT2D eigenvalue weighted by Crippen LogP contribution is -2.38. The van der Waals surface area contributed by atoms with Crippen LogP contribution >= 0.6 is 7.60 Å². The second-order valence-corrected chi connectivity index (χ2v) is 16.2. The number of alkyl halides is 2. The Hall–Kier alpha value is -4.30. The zero-order valence-electron chi connectivity index (χ0n) is 29.9. The fraction of sp³-hybridized carbons (Fsp3) is 0.317. The van der Waals surface area contributed by atoms with Gasteiger partial charge in [0.1, 0.15) is 5.82 Å². The molecule has 0 amide bonds. The molecule has 10 heteroatoms. The minimum Gasteiger partial charge on any atom is -0.465 e. The first-order valence-electron chi connectivity index (χ1n) is 16.5. The average molecular weight is 721 g/mol. The summed E-state index contributed by atoms with van der Waals surface area (Å²) in [7, 11) is -3.81. The molecule has 4 rings (SSSR count). The van der Waals surface area contributed by atoms with Gasteiger partial charge in [0.2, 0.25) is 0 Å². The number of carbonyl (C=O) groups excluding carboxylic acids is 2. The molecule has 6 nitrogen and oxygen atoms in total. The molecule has 4 aromatic rings. The molecule has 0 aliphatic carbocycles. The first-order valence-corrected chi connectivity index (χ1v) is 18.0. The van der Waals surface area contributed by atoms with Crippen LogP contribution < -0.4 is 0 Å². The van der Waals surface area contributed by atoms with Crippen molar-refractivity contribution < 1.29 is 41.1 Å². The summed E-state index contributed by atoms with van der Waals surface area (Å²) in [6.07, 6.45) is 3.92. The maximum atomic E-state index is 16.2. The molecule has 0 aliphatic heterocycles. The van der Waals surface area contributed by atoms with Crippen molar-refractivity contribution >= 4 is 25.4 Å². The summed E-state index contributed by atoms with van der Waals surface area (Å²) in [6, 6.07) is 26.4. The van der Waals surface area contributed by atoms with E-state index in [-0.39, 0.29) is 29.8 Å². The summed E-state index contributed by atoms with van der Waals surface area (Å²) in [5.74, 6) is -1.41. The number of benzene rings is 4. The second kappa shape index (κ2) is 15.5. The lowest BCUT2D eigenvalue weighted by Gasteiger charge is -2.36. The number of rotatable bonds is 13. The molecule has 51 heavy (non-hydrogen) atoms. The Labute approximate surface area is 298 Å². The molecule has 0 aromatic heterocycles. The average Bonchev–Trinajstić information content (AvgIpc) is 3.06. The second-order valence-electron chi connectivity index (χ2n) is 14.3. The molecule has 0 saturated heterocycles. The molecule has 0 bridgehead atoms. The third-order valence-electron chi connectivity index (χ3n) is 7.92. The van der Waals surface area contributed by atoms with Gasteiger partial charge in [-0.25, -0.2) is 9.18 Å². The van der Waals surface area contributed by atoms with E-state index in [1.165, 1.54) is 85.1 Å². The largest absolute Gasteiger partial charge is 0.465 e. The summed E-state index contributed by atoms with van der Waals surface area (Å²) in [5.41, 5.74) is -5.90. The normalized spacial score (nSPS) is 13.9. The predicted octanol–water partition coefficient (Wildman–Crippen LogP) is 11.0. The van der Waals surface area contributed by atoms with E-state index >= 15 is 8.78 Å². The summed E-state index contributed by atoms with van der Waals surface area (Å²) in [6.45, 7) is 9.12. The van der Waals surface area contributed by atoms with Crippen molar-refractivity contribution in [2.45, 2.75) is 76.7 Å². The van der Waals surface area contributed by atoms with Gasteiger partial charge in [-0.2, -0.15) is 8.78 Å². The highest BCUT2D eigenvalue weighted by atomic mass is 31.2. The van der Waals surface area contributed by atoms with E-state index in [4.69, 9.17) is 13.8 Å². The smallest absolute Gasteiger partial charge is 0.405 e. The van der Waals surface area contributed by atoms with Gasteiger partial charge < -0.3 is 4.74 Å². The van der Waals surface area contributed by atoms with Crippen LogP contribution in [0.5, 0.6) is 0 Å². The molecule has 270 valence electrons. The monoisotopic (exact) mass is 720 g/mol. The van der Waals surface area contributed by atoms with Gasteiger partial charge in [0.25, 0.3) is 0 Å². The Balaban J connectivity index is 1.85. The number of halogens is 3. The van der Waals surface area contributed by atoms with Gasteiger partial charge in [-0.15, -0.1) is 0 Å². The molecular formula is C41H44F3O6P. The van der Waals surface area contributed by atoms with Crippen LogP contribution in [0.4, 0.5) is 13.2 Å². The van der Waals surface area contributed by atoms with Crippen molar-refractivity contribution in [3.05, 3.63) is 148 Å². The Bertz CT molecular complexity index is 1860. The summed E-state index contributed by atoms with van der Waals surface area (Å²) in [5, 5.41) is 0. The fourth-order valence-electron chi connectivity index (χ4n) is 5.66. The molecule has 0 heterocycles. The first kappa shape index (κ1) is 39.5. The lowest BCUT2D eigenvalue weighted by molar-refractivity contribution is -0.0213. The van der Waals surface area contributed by atoms with Crippen molar-refractivity contribution in [1.82, 2.24) is 0 Å². The standard InChI is InChI=1S/C41H44F3O6P/c1-38(2,3)49-51(47,50-39(4,5)6)41(43,44)34-21-15-30(16-22-34)28-40(27-11-14-29-12-9-8-10-13-29,36(45)31-19-25-35(42)26-20-31)33-23-17-32(18-24-33)37(46)48-7/h8-26H,27-28H2,1-7H3/b14-11+. The predicted molar refractivity (Wildman–Crippen MR) is 194 cm³/mol. The first-order chi connectivity index (χ1) is 23.8. The molecule has 0 fully saturated rings. The SMILES string of the molecule is COC(=O)c1ccc(C(C/C=C/c2ccccc2)(Cc2ccc(C(F)(F)P(=O)(OC(C)(C)C)OC(C)(C)C)cc2)C(=O)c2ccc(F)cc2)cc1. The summed E-state index contributed by atoms with van der Waals surface area (Å²) < 4.78 is 76.0. The quantitative estimate of drug-likeness (QED) is 0.0777. The molecule has 1 atom stereocenters. The number of ketones is 1. The maximum absolute atomic E-state index is 16.2. The summed E-state index contributed by atoms with van der Waals surface area (Å²) in [4.78, 5) is 27.0. The Morgan fingerprint density at radius 3 is 1.73 bits per heavy atom. The third kappa shape index (κ3) is 9.73. The van der Waals surface area contributed by atoms with Crippen LogP contribution in [-0.4, -0.2) is 30.1 Å². The molecule has 1 unspecified atom stereocenters. The number of methoxy groups -OCH3 is 1. The molecule has 0 saturated carbocycles. The van der Waals surface area contributed by atoms with Gasteiger partial charge in [0.15, 0.2) is 5.78 Å². The number of Topliss-reactive ketones (excluding diaryl/α,β-unsaturated/α-hetero) is 1. The number of allylic oxidation sites excluding steroid dienone is 1. The van der Waals surface area contributed by atoms with Gasteiger partial charge in [-0.3, -0.25) is 18.4 Å². The van der Waals surface area contributed by atoms with Gasteiger partial charge >= 0.3 is 19.2 Å². The minimum atomic E-state index is -5.08. The van der Waals surface area contributed by atoms with Crippen LogP contribution in [0, 0.1) is 5.82 Å². The number of hydrogen-bond donors (Lipinski definition) is 0. The van der Waals surface area contributed by atoms with Gasteiger partial charge in [0.05, 0.1) is 29.3 Å². The molecule has 0 spiro atoms. The topological polar surface area (TPSA) is 78.9 Å². The number of carbonyl (C=O) groups is 2. The number of esters is 1. The zero-order chi connectivity index (χ0) is 37.7. The molecule has 4 aromatic carbocycles. The van der Waals surface area contributed by atoms with E-state index in [0.29, 0.717) is 11.1 Å². The lowest BCUT2D eigenvalue weighted by atomic mass is 9.68. The van der Waals surface area contributed by atoms with Crippen LogP contribution in [0.2, 0.25) is 0 Å². The van der Waals surface area contributed by atoms with E-state index in [1.807, 2.05) is 42.5 Å². The fourth-order valence-corrected chi connectivity index (χ4v) is 7.84. The Kier molecular flexibility index (Phi) is 12.0. The van der Waals surface area contributed by atoms with Gasteiger partial charge in [-0.05, 0) is 107 Å². The molecule has 0 radical (unpaired) electrons. The van der Waals surface area contributed by atoms with Crippen molar-refractivity contribution in [2.75, 3.05) is 7.11 Å². The number of hydrogen-bond acceptors (Lipinski definition) is 6. The van der Waals surface area contributed by atoms with Gasteiger partial charge in [-0.1, -0.05) is 78.9 Å². The van der Waals surface area contributed by atoms with E-state index < -0.39 is 47.2 Å². The molecular weight excluding hydrogens is 676 g/mol. The highest BCUT2D eigenvalue weighted by Crippen LogP contribution is 2.69. The Morgan fingerprint density at radius 2 is 1.22 bits per heavy atom. The highest BCUT2D eigenvalue weighted by Gasteiger charge is 2.58. The van der Waals surface area contributed by atoms with Crippen molar-refractivity contribution in [2.24, 2.45) is 0 Å². The maximum Gasteiger partial charge on any atom is 0.405 e. The van der Waals surface area contributed by atoms with Crippen LogP contribution in [-0.2, 0) is 35.8 Å². The third-order valence-corrected chi connectivity index (χ3v) is 10.4. The van der Waals surface area contributed by atoms with Crippen molar-refractivity contribution in [3.8, 4) is 0 Å². The van der Waals surface area contributed by atoms with E-state index in [0.717, 1.165) is 17.7 Å². The van der Waals surface area contributed by atoms with Crippen LogP contribution in [0.1, 0.15) is 90.9 Å². The molecule has 0 aliphatic rings. The number of ether oxygens (including phenoxy) is 1. The minimum absolute atomic E-state index is 0.0282. The summed E-state index contributed by atoms with van der Waals surface area (Å²) >= 11 is 0. The van der Waals surface area contributed by atoms with Crippen LogP contribution in [0.15, 0.2) is 109 Å². The Morgan fingerprint density at radius 1 is 0.706 bits per heavy atom. The van der Waals surface area contributed by atoms with E-state index in [9.17, 15) is 18.5 Å².